The van der Waals surface area contributed by atoms with E-state index in [9.17, 15) is 0 Å². The predicted octanol–water partition coefficient (Wildman–Crippen LogP) is 2.35. The topological polar surface area (TPSA) is 92.4 Å². The molecule has 1 aromatic carbocycles. The van der Waals surface area contributed by atoms with Gasteiger partial charge in [-0.25, -0.2) is 4.98 Å². The fourth-order valence-electron chi connectivity index (χ4n) is 3.47. The predicted molar refractivity (Wildman–Crippen MR) is 88.7 cm³/mol. The Bertz CT molecular complexity index is 922. The maximum Gasteiger partial charge on any atom is 0.267 e. The molecule has 5 rings (SSSR count). The van der Waals surface area contributed by atoms with Crippen LogP contribution in [0.1, 0.15) is 24.3 Å². The van der Waals surface area contributed by atoms with Gasteiger partial charge in [-0.3, -0.25) is 4.98 Å². The van der Waals surface area contributed by atoms with Gasteiger partial charge < -0.3 is 18.6 Å². The molecule has 132 valence electrons. The quantitative estimate of drug-likeness (QED) is 0.709. The van der Waals surface area contributed by atoms with Gasteiger partial charge in [-0.15, -0.1) is 10.2 Å². The third-order valence-corrected chi connectivity index (χ3v) is 4.89. The minimum absolute atomic E-state index is 0.242. The first-order valence-electron chi connectivity index (χ1n) is 8.43. The molecule has 1 fully saturated rings. The molecule has 8 nitrogen and oxygen atoms in total. The highest BCUT2D eigenvalue weighted by molar-refractivity contribution is 5.49. The molecule has 0 radical (unpaired) electrons. The van der Waals surface area contributed by atoms with Gasteiger partial charge in [0.25, 0.3) is 5.89 Å². The van der Waals surface area contributed by atoms with Gasteiger partial charge >= 0.3 is 0 Å². The van der Waals surface area contributed by atoms with Crippen molar-refractivity contribution >= 4 is 0 Å². The van der Waals surface area contributed by atoms with Crippen molar-refractivity contribution in [3.05, 3.63) is 48.2 Å². The first-order chi connectivity index (χ1) is 12.9. The zero-order chi connectivity index (χ0) is 17.4. The van der Waals surface area contributed by atoms with Crippen LogP contribution in [-0.4, -0.2) is 40.2 Å². The van der Waals surface area contributed by atoms with Crippen molar-refractivity contribution in [3.63, 3.8) is 0 Å². The minimum atomic E-state index is -0.424. The lowest BCUT2D eigenvalue weighted by Crippen LogP contribution is -2.35. The van der Waals surface area contributed by atoms with E-state index >= 15 is 0 Å². The third kappa shape index (κ3) is 2.41. The monoisotopic (exact) mass is 352 g/mol. The summed E-state index contributed by atoms with van der Waals surface area (Å²) in [4.78, 5) is 8.29. The van der Waals surface area contributed by atoms with Crippen molar-refractivity contribution in [1.29, 1.82) is 0 Å². The first kappa shape index (κ1) is 15.3. The van der Waals surface area contributed by atoms with E-state index in [1.54, 1.807) is 18.6 Å². The fourth-order valence-corrected chi connectivity index (χ4v) is 3.47. The molecule has 8 heteroatoms. The van der Waals surface area contributed by atoms with Crippen LogP contribution in [0.25, 0.3) is 11.6 Å². The summed E-state index contributed by atoms with van der Waals surface area (Å²) in [5.74, 6) is 2.41. The third-order valence-electron chi connectivity index (χ3n) is 4.89. The average molecular weight is 352 g/mol. The van der Waals surface area contributed by atoms with Gasteiger partial charge in [0.15, 0.2) is 11.5 Å². The molecule has 0 atom stereocenters. The number of nitrogens with zero attached hydrogens (tertiary/aromatic N) is 4. The summed E-state index contributed by atoms with van der Waals surface area (Å²) in [7, 11) is 0. The molecule has 0 bridgehead atoms. The molecule has 26 heavy (non-hydrogen) atoms. The summed E-state index contributed by atoms with van der Waals surface area (Å²) >= 11 is 0. The summed E-state index contributed by atoms with van der Waals surface area (Å²) in [6.07, 6.45) is 6.30. The normalized spacial score (nSPS) is 18.0. The van der Waals surface area contributed by atoms with Crippen LogP contribution >= 0.6 is 0 Å². The number of hydrogen-bond acceptors (Lipinski definition) is 8. The maximum atomic E-state index is 6.03. The zero-order valence-electron chi connectivity index (χ0n) is 13.9. The van der Waals surface area contributed by atoms with Crippen LogP contribution in [0.15, 0.2) is 41.2 Å². The Morgan fingerprint density at radius 2 is 1.85 bits per heavy atom. The van der Waals surface area contributed by atoms with Crippen molar-refractivity contribution in [2.45, 2.75) is 18.3 Å². The molecule has 2 aliphatic rings. The van der Waals surface area contributed by atoms with Gasteiger partial charge in [-0.1, -0.05) is 6.07 Å². The molecular formula is C18H16N4O4. The summed E-state index contributed by atoms with van der Waals surface area (Å²) in [6, 6.07) is 5.96. The van der Waals surface area contributed by atoms with E-state index in [-0.39, 0.29) is 6.79 Å². The highest BCUT2D eigenvalue weighted by atomic mass is 16.7. The standard InChI is InChI=1S/C18H16N4O4/c1-2-14-15(25-11-24-14)9-12(1)18(3-7-23-8-4-18)17-22-21-16(26-17)13-10-19-5-6-20-13/h1-2,5-6,9-10H,3-4,7-8,11H2. The molecule has 0 amide bonds. The van der Waals surface area contributed by atoms with Gasteiger partial charge in [-0.2, -0.15) is 0 Å². The van der Waals surface area contributed by atoms with Crippen molar-refractivity contribution in [2.75, 3.05) is 20.0 Å². The number of fused-ring (bicyclic) bond motifs is 1. The Morgan fingerprint density at radius 1 is 0.962 bits per heavy atom. The molecule has 0 aliphatic carbocycles. The fraction of sp³-hybridized carbons (Fsp3) is 0.333. The van der Waals surface area contributed by atoms with Gasteiger partial charge in [0.1, 0.15) is 5.69 Å². The second-order valence-electron chi connectivity index (χ2n) is 6.27. The van der Waals surface area contributed by atoms with E-state index in [2.05, 4.69) is 20.2 Å². The molecule has 0 saturated carbocycles. The van der Waals surface area contributed by atoms with Crippen LogP contribution in [0, 0.1) is 0 Å². The van der Waals surface area contributed by atoms with Gasteiger partial charge in [0.2, 0.25) is 12.7 Å². The van der Waals surface area contributed by atoms with Crippen LogP contribution in [0.2, 0.25) is 0 Å². The maximum absolute atomic E-state index is 6.03. The van der Waals surface area contributed by atoms with Crippen LogP contribution in [0.5, 0.6) is 11.5 Å². The Balaban J connectivity index is 1.59. The largest absolute Gasteiger partial charge is 0.454 e. The van der Waals surface area contributed by atoms with E-state index in [4.69, 9.17) is 18.6 Å². The summed E-state index contributed by atoms with van der Waals surface area (Å²) in [5.41, 5.74) is 1.19. The summed E-state index contributed by atoms with van der Waals surface area (Å²) in [6.45, 7) is 1.49. The highest BCUT2D eigenvalue weighted by Crippen LogP contribution is 2.44. The van der Waals surface area contributed by atoms with Gasteiger partial charge in [0, 0.05) is 25.6 Å². The Morgan fingerprint density at radius 3 is 2.69 bits per heavy atom. The Kier molecular flexibility index (Phi) is 3.56. The minimum Gasteiger partial charge on any atom is -0.454 e. The van der Waals surface area contributed by atoms with E-state index in [0.29, 0.717) is 30.7 Å². The Labute approximate surface area is 149 Å². The number of rotatable bonds is 3. The second-order valence-corrected chi connectivity index (χ2v) is 6.27. The first-order valence-corrected chi connectivity index (χ1v) is 8.43. The number of benzene rings is 1. The van der Waals surface area contributed by atoms with Gasteiger partial charge in [-0.05, 0) is 30.5 Å². The van der Waals surface area contributed by atoms with Crippen molar-refractivity contribution < 1.29 is 18.6 Å². The van der Waals surface area contributed by atoms with Crippen molar-refractivity contribution in [3.8, 4) is 23.1 Å². The van der Waals surface area contributed by atoms with Crippen LogP contribution in [0.4, 0.5) is 0 Å². The van der Waals surface area contributed by atoms with Gasteiger partial charge in [0.05, 0.1) is 11.6 Å². The van der Waals surface area contributed by atoms with Crippen molar-refractivity contribution in [2.24, 2.45) is 0 Å². The molecule has 2 aliphatic heterocycles. The number of hydrogen-bond donors (Lipinski definition) is 0. The van der Waals surface area contributed by atoms with Crippen LogP contribution < -0.4 is 9.47 Å². The molecule has 0 unspecified atom stereocenters. The van der Waals surface area contributed by atoms with E-state index in [0.717, 1.165) is 29.9 Å². The molecule has 0 N–H and O–H groups in total. The SMILES string of the molecule is c1cnc(-c2nnc(C3(c4ccc5c(c4)OCO5)CCOCC3)o2)cn1. The molecule has 3 aromatic rings. The molecule has 2 aromatic heterocycles. The molecule has 0 spiro atoms. The van der Waals surface area contributed by atoms with Crippen LogP contribution in [0.3, 0.4) is 0 Å². The summed E-state index contributed by atoms with van der Waals surface area (Å²) in [5, 5.41) is 8.54. The lowest BCUT2D eigenvalue weighted by molar-refractivity contribution is 0.0545. The Hall–Kier alpha value is -3.00. The van der Waals surface area contributed by atoms with E-state index < -0.39 is 5.41 Å². The number of aromatic nitrogens is 4. The molecular weight excluding hydrogens is 336 g/mol. The average Bonchev–Trinajstić information content (AvgIpc) is 3.38. The summed E-state index contributed by atoms with van der Waals surface area (Å²) < 4.78 is 22.6. The zero-order valence-corrected chi connectivity index (χ0v) is 13.9. The van der Waals surface area contributed by atoms with Crippen molar-refractivity contribution in [1.82, 2.24) is 20.2 Å². The van der Waals surface area contributed by atoms with Crippen LogP contribution in [-0.2, 0) is 10.2 Å². The lowest BCUT2D eigenvalue weighted by Gasteiger charge is -2.34. The lowest BCUT2D eigenvalue weighted by atomic mass is 9.74. The second kappa shape index (κ2) is 6.06. The van der Waals surface area contributed by atoms with E-state index in [1.165, 1.54) is 0 Å². The molecule has 1 saturated heterocycles. The smallest absolute Gasteiger partial charge is 0.267 e. The molecule has 4 heterocycles. The highest BCUT2D eigenvalue weighted by Gasteiger charge is 2.42. The van der Waals surface area contributed by atoms with E-state index in [1.807, 2.05) is 18.2 Å². The number of ether oxygens (including phenoxy) is 3.